The number of benzene rings is 2. The van der Waals surface area contributed by atoms with Crippen LogP contribution in [0.25, 0.3) is 6.08 Å². The van der Waals surface area contributed by atoms with Gasteiger partial charge in [-0.05, 0) is 68.8 Å². The molecule has 4 nitrogen and oxygen atoms in total. The Morgan fingerprint density at radius 3 is 2.32 bits per heavy atom. The molecular formula is C21H25NO3. The smallest absolute Gasteiger partial charge is 0.185 e. The number of ketones is 1. The van der Waals surface area contributed by atoms with Crippen LogP contribution < -0.4 is 14.8 Å². The first-order valence-electron chi connectivity index (χ1n) is 8.50. The molecule has 0 amide bonds. The van der Waals surface area contributed by atoms with E-state index in [0.29, 0.717) is 24.5 Å². The Morgan fingerprint density at radius 2 is 1.72 bits per heavy atom. The fourth-order valence-corrected chi connectivity index (χ4v) is 2.52. The highest BCUT2D eigenvalue weighted by Crippen LogP contribution is 2.33. The summed E-state index contributed by atoms with van der Waals surface area (Å²) >= 11 is 0. The van der Waals surface area contributed by atoms with E-state index in [0.717, 1.165) is 22.6 Å². The first-order chi connectivity index (χ1) is 12.1. The quantitative estimate of drug-likeness (QED) is 0.558. The van der Waals surface area contributed by atoms with Crippen molar-refractivity contribution in [2.24, 2.45) is 0 Å². The maximum absolute atomic E-state index is 12.5. The number of ether oxygens (including phenoxy) is 2. The van der Waals surface area contributed by atoms with E-state index in [2.05, 4.69) is 5.32 Å². The van der Waals surface area contributed by atoms with Gasteiger partial charge in [-0.1, -0.05) is 6.07 Å². The number of carbonyl (C=O) groups excluding carboxylic acids is 1. The lowest BCUT2D eigenvalue weighted by Crippen LogP contribution is -2.01. The van der Waals surface area contributed by atoms with Crippen LogP contribution in [-0.2, 0) is 0 Å². The minimum atomic E-state index is -0.0611. The van der Waals surface area contributed by atoms with E-state index in [1.165, 1.54) is 0 Å². The number of hydrogen-bond donors (Lipinski definition) is 1. The number of aryl methyl sites for hydroxylation is 1. The van der Waals surface area contributed by atoms with Gasteiger partial charge >= 0.3 is 0 Å². The van der Waals surface area contributed by atoms with Gasteiger partial charge in [0.15, 0.2) is 5.78 Å². The summed E-state index contributed by atoms with van der Waals surface area (Å²) in [6, 6.07) is 11.2. The summed E-state index contributed by atoms with van der Waals surface area (Å²) in [6.07, 6.45) is 3.34. The Kier molecular flexibility index (Phi) is 6.63. The average molecular weight is 339 g/mol. The van der Waals surface area contributed by atoms with E-state index >= 15 is 0 Å². The molecule has 0 fully saturated rings. The average Bonchev–Trinajstić information content (AvgIpc) is 2.64. The molecule has 0 aromatic heterocycles. The third kappa shape index (κ3) is 4.63. The van der Waals surface area contributed by atoms with Crippen LogP contribution in [0.4, 0.5) is 5.69 Å². The van der Waals surface area contributed by atoms with Gasteiger partial charge in [0.25, 0.3) is 0 Å². The molecule has 0 unspecified atom stereocenters. The van der Waals surface area contributed by atoms with Crippen molar-refractivity contribution < 1.29 is 14.3 Å². The summed E-state index contributed by atoms with van der Waals surface area (Å²) in [5.74, 6) is 1.41. The lowest BCUT2D eigenvalue weighted by atomic mass is 10.1. The van der Waals surface area contributed by atoms with Crippen molar-refractivity contribution in [1.82, 2.24) is 0 Å². The van der Waals surface area contributed by atoms with E-state index in [1.807, 2.05) is 64.2 Å². The Bertz CT molecular complexity index is 748. The van der Waals surface area contributed by atoms with Crippen LogP contribution >= 0.6 is 0 Å². The molecule has 0 saturated heterocycles. The Balaban J connectivity index is 2.34. The normalized spacial score (nSPS) is 10.7. The van der Waals surface area contributed by atoms with Crippen molar-refractivity contribution >= 4 is 17.5 Å². The molecule has 0 radical (unpaired) electrons. The molecule has 0 atom stereocenters. The summed E-state index contributed by atoms with van der Waals surface area (Å²) in [4.78, 5) is 12.5. The first-order valence-corrected chi connectivity index (χ1v) is 8.50. The van der Waals surface area contributed by atoms with Crippen molar-refractivity contribution in [2.45, 2.75) is 20.8 Å². The number of nitrogens with one attached hydrogen (secondary N) is 1. The third-order valence-corrected chi connectivity index (χ3v) is 3.80. The molecule has 0 aliphatic carbocycles. The largest absolute Gasteiger partial charge is 0.493 e. The monoisotopic (exact) mass is 339 g/mol. The molecule has 0 saturated carbocycles. The standard InChI is InChI=1S/C21H25NO3/c1-5-24-20-14-7-15(3)21(25-6-2)18(20)12-13-19(23)16-8-10-17(22-4)11-9-16/h7-14,22H,5-6H2,1-4H3. The second-order valence-corrected chi connectivity index (χ2v) is 5.51. The Morgan fingerprint density at radius 1 is 1.04 bits per heavy atom. The SMILES string of the molecule is CCOc1ccc(C)c(OCC)c1C=CC(=O)c1ccc(NC)cc1. The van der Waals surface area contributed by atoms with Gasteiger partial charge in [0.2, 0.25) is 0 Å². The van der Waals surface area contributed by atoms with Crippen LogP contribution in [0, 0.1) is 6.92 Å². The number of anilines is 1. The van der Waals surface area contributed by atoms with E-state index in [9.17, 15) is 4.79 Å². The first kappa shape index (κ1) is 18.6. The number of hydrogen-bond acceptors (Lipinski definition) is 4. The van der Waals surface area contributed by atoms with Gasteiger partial charge in [0, 0.05) is 18.3 Å². The number of rotatable bonds is 8. The van der Waals surface area contributed by atoms with Gasteiger partial charge in [-0.2, -0.15) is 0 Å². The second-order valence-electron chi connectivity index (χ2n) is 5.51. The molecule has 0 aliphatic heterocycles. The molecule has 1 N–H and O–H groups in total. The van der Waals surface area contributed by atoms with Crippen LogP contribution in [-0.4, -0.2) is 26.0 Å². The predicted molar refractivity (Wildman–Crippen MR) is 103 cm³/mol. The maximum atomic E-state index is 12.5. The fourth-order valence-electron chi connectivity index (χ4n) is 2.52. The lowest BCUT2D eigenvalue weighted by molar-refractivity contribution is 0.104. The Hall–Kier alpha value is -2.75. The summed E-state index contributed by atoms with van der Waals surface area (Å²) in [7, 11) is 1.85. The molecular weight excluding hydrogens is 314 g/mol. The molecule has 132 valence electrons. The van der Waals surface area contributed by atoms with Crippen molar-refractivity contribution in [3.8, 4) is 11.5 Å². The maximum Gasteiger partial charge on any atom is 0.185 e. The summed E-state index contributed by atoms with van der Waals surface area (Å²) in [5, 5.41) is 3.04. The van der Waals surface area contributed by atoms with Crippen molar-refractivity contribution in [3.05, 3.63) is 59.2 Å². The molecule has 0 heterocycles. The highest BCUT2D eigenvalue weighted by Gasteiger charge is 2.12. The van der Waals surface area contributed by atoms with Gasteiger partial charge in [-0.15, -0.1) is 0 Å². The van der Waals surface area contributed by atoms with Crippen molar-refractivity contribution in [3.63, 3.8) is 0 Å². The van der Waals surface area contributed by atoms with E-state index in [1.54, 1.807) is 12.2 Å². The number of allylic oxidation sites excluding steroid dienone is 1. The lowest BCUT2D eigenvalue weighted by Gasteiger charge is -2.15. The predicted octanol–water partition coefficient (Wildman–Crippen LogP) is 4.73. The molecule has 0 bridgehead atoms. The summed E-state index contributed by atoms with van der Waals surface area (Å²) in [6.45, 7) is 6.96. The van der Waals surface area contributed by atoms with Gasteiger partial charge < -0.3 is 14.8 Å². The molecule has 2 rings (SSSR count). The van der Waals surface area contributed by atoms with Crippen LogP contribution in [0.3, 0.4) is 0 Å². The van der Waals surface area contributed by atoms with Gasteiger partial charge in [0.05, 0.1) is 18.8 Å². The molecule has 2 aromatic rings. The zero-order chi connectivity index (χ0) is 18.2. The topological polar surface area (TPSA) is 47.6 Å². The second kappa shape index (κ2) is 8.92. The fraction of sp³-hybridized carbons (Fsp3) is 0.286. The van der Waals surface area contributed by atoms with Crippen LogP contribution in [0.2, 0.25) is 0 Å². The van der Waals surface area contributed by atoms with Crippen molar-refractivity contribution in [2.75, 3.05) is 25.6 Å². The summed E-state index contributed by atoms with van der Waals surface area (Å²) < 4.78 is 11.5. The highest BCUT2D eigenvalue weighted by atomic mass is 16.5. The van der Waals surface area contributed by atoms with Gasteiger partial charge in [-0.3, -0.25) is 4.79 Å². The zero-order valence-electron chi connectivity index (χ0n) is 15.3. The van der Waals surface area contributed by atoms with Crippen molar-refractivity contribution in [1.29, 1.82) is 0 Å². The molecule has 2 aromatic carbocycles. The molecule has 25 heavy (non-hydrogen) atoms. The minimum Gasteiger partial charge on any atom is -0.493 e. The molecule has 0 aliphatic rings. The third-order valence-electron chi connectivity index (χ3n) is 3.80. The molecule has 4 heteroatoms. The van der Waals surface area contributed by atoms with Crippen LogP contribution in [0.15, 0.2) is 42.5 Å². The number of carbonyl (C=O) groups is 1. The van der Waals surface area contributed by atoms with E-state index < -0.39 is 0 Å². The molecule has 0 spiro atoms. The van der Waals surface area contributed by atoms with E-state index in [4.69, 9.17) is 9.47 Å². The van der Waals surface area contributed by atoms with Crippen LogP contribution in [0.1, 0.15) is 35.3 Å². The van der Waals surface area contributed by atoms with Crippen LogP contribution in [0.5, 0.6) is 11.5 Å². The van der Waals surface area contributed by atoms with Gasteiger partial charge in [0.1, 0.15) is 11.5 Å². The Labute approximate surface area is 149 Å². The minimum absolute atomic E-state index is 0.0611. The van der Waals surface area contributed by atoms with Gasteiger partial charge in [-0.25, -0.2) is 0 Å². The van der Waals surface area contributed by atoms with E-state index in [-0.39, 0.29) is 5.78 Å². The summed E-state index contributed by atoms with van der Waals surface area (Å²) in [5.41, 5.74) is 3.41. The highest BCUT2D eigenvalue weighted by molar-refractivity contribution is 6.07. The zero-order valence-corrected chi connectivity index (χ0v) is 15.3.